The SMILES string of the molecule is C=C(c1ccc(OC)cc1)c1ccccc1N=C=O. The molecule has 2 aromatic rings. The van der Waals surface area contributed by atoms with Crippen LogP contribution >= 0.6 is 0 Å². The highest BCUT2D eigenvalue weighted by Crippen LogP contribution is 2.30. The summed E-state index contributed by atoms with van der Waals surface area (Å²) in [5.74, 6) is 0.788. The van der Waals surface area contributed by atoms with Gasteiger partial charge in [0.05, 0.1) is 12.8 Å². The van der Waals surface area contributed by atoms with Crippen LogP contribution in [-0.2, 0) is 4.79 Å². The fraction of sp³-hybridized carbons (Fsp3) is 0.0625. The van der Waals surface area contributed by atoms with Gasteiger partial charge in [0.15, 0.2) is 0 Å². The molecule has 0 amide bonds. The zero-order valence-electron chi connectivity index (χ0n) is 10.6. The van der Waals surface area contributed by atoms with Crippen molar-refractivity contribution in [2.24, 2.45) is 4.99 Å². The van der Waals surface area contributed by atoms with Gasteiger partial charge in [0.2, 0.25) is 6.08 Å². The number of hydrogen-bond donors (Lipinski definition) is 0. The number of rotatable bonds is 4. The Labute approximate surface area is 111 Å². The lowest BCUT2D eigenvalue weighted by Gasteiger charge is -2.09. The van der Waals surface area contributed by atoms with Crippen LogP contribution in [0, 0.1) is 0 Å². The number of nitrogens with zero attached hydrogens (tertiary/aromatic N) is 1. The number of ether oxygens (including phenoxy) is 1. The van der Waals surface area contributed by atoms with Crippen LogP contribution in [0.2, 0.25) is 0 Å². The molecule has 2 rings (SSSR count). The van der Waals surface area contributed by atoms with Gasteiger partial charge in [-0.25, -0.2) is 4.79 Å². The van der Waals surface area contributed by atoms with Crippen molar-refractivity contribution < 1.29 is 9.53 Å². The fourth-order valence-electron chi connectivity index (χ4n) is 1.82. The van der Waals surface area contributed by atoms with Crippen molar-refractivity contribution >= 4 is 17.3 Å². The second kappa shape index (κ2) is 5.80. The van der Waals surface area contributed by atoms with Crippen molar-refractivity contribution in [3.05, 3.63) is 66.2 Å². The predicted molar refractivity (Wildman–Crippen MR) is 75.4 cm³/mol. The summed E-state index contributed by atoms with van der Waals surface area (Å²) < 4.78 is 5.12. The molecule has 0 saturated carbocycles. The molecule has 0 aliphatic rings. The molecule has 0 N–H and O–H groups in total. The number of benzene rings is 2. The predicted octanol–water partition coefficient (Wildman–Crippen LogP) is 3.72. The zero-order valence-corrected chi connectivity index (χ0v) is 10.6. The standard InChI is InChI=1S/C16H13NO2/c1-12(13-7-9-14(19-2)10-8-13)15-5-3-4-6-16(15)17-11-18/h3-10H,1H2,2H3. The average molecular weight is 251 g/mol. The molecular formula is C16H13NO2. The molecule has 0 fully saturated rings. The molecule has 0 spiro atoms. The third kappa shape index (κ3) is 2.79. The number of aliphatic imine (C=N–C) groups is 1. The summed E-state index contributed by atoms with van der Waals surface area (Å²) in [6.45, 7) is 4.06. The van der Waals surface area contributed by atoms with Gasteiger partial charge in [-0.05, 0) is 29.3 Å². The third-order valence-corrected chi connectivity index (χ3v) is 2.83. The van der Waals surface area contributed by atoms with Crippen LogP contribution in [0.3, 0.4) is 0 Å². The third-order valence-electron chi connectivity index (χ3n) is 2.83. The lowest BCUT2D eigenvalue weighted by molar-refractivity contribution is 0.415. The minimum Gasteiger partial charge on any atom is -0.497 e. The van der Waals surface area contributed by atoms with Gasteiger partial charge in [0.25, 0.3) is 0 Å². The summed E-state index contributed by atoms with van der Waals surface area (Å²) in [4.78, 5) is 14.1. The van der Waals surface area contributed by atoms with E-state index < -0.39 is 0 Å². The Bertz CT molecular complexity index is 638. The summed E-state index contributed by atoms with van der Waals surface area (Å²) in [6, 6.07) is 14.9. The van der Waals surface area contributed by atoms with E-state index in [1.807, 2.05) is 42.5 Å². The number of isocyanates is 1. The number of methoxy groups -OCH3 is 1. The van der Waals surface area contributed by atoms with E-state index in [-0.39, 0.29) is 0 Å². The fourth-order valence-corrected chi connectivity index (χ4v) is 1.82. The van der Waals surface area contributed by atoms with Crippen LogP contribution in [0.1, 0.15) is 11.1 Å². The highest BCUT2D eigenvalue weighted by atomic mass is 16.5. The molecule has 2 aromatic carbocycles. The Kier molecular flexibility index (Phi) is 3.91. The summed E-state index contributed by atoms with van der Waals surface area (Å²) in [7, 11) is 1.62. The molecule has 0 aliphatic heterocycles. The van der Waals surface area contributed by atoms with Gasteiger partial charge in [-0.3, -0.25) is 0 Å². The molecule has 94 valence electrons. The lowest BCUT2D eigenvalue weighted by atomic mass is 9.98. The second-order valence-electron chi connectivity index (χ2n) is 3.93. The minimum atomic E-state index is 0.568. The molecule has 3 nitrogen and oxygen atoms in total. The highest BCUT2D eigenvalue weighted by Gasteiger charge is 2.07. The second-order valence-corrected chi connectivity index (χ2v) is 3.93. The summed E-state index contributed by atoms with van der Waals surface area (Å²) >= 11 is 0. The number of para-hydroxylation sites is 1. The first-order valence-corrected chi connectivity index (χ1v) is 5.77. The van der Waals surface area contributed by atoms with E-state index in [9.17, 15) is 4.79 Å². The van der Waals surface area contributed by atoms with Crippen LogP contribution in [0.4, 0.5) is 5.69 Å². The maximum absolute atomic E-state index is 10.4. The van der Waals surface area contributed by atoms with E-state index in [2.05, 4.69) is 11.6 Å². The Morgan fingerprint density at radius 3 is 2.47 bits per heavy atom. The van der Waals surface area contributed by atoms with Crippen molar-refractivity contribution in [3.8, 4) is 5.75 Å². The first-order valence-electron chi connectivity index (χ1n) is 5.77. The van der Waals surface area contributed by atoms with Crippen molar-refractivity contribution in [1.82, 2.24) is 0 Å². The van der Waals surface area contributed by atoms with Crippen molar-refractivity contribution in [2.75, 3.05) is 7.11 Å². The van der Waals surface area contributed by atoms with Crippen LogP contribution in [0.15, 0.2) is 60.1 Å². The molecule has 19 heavy (non-hydrogen) atoms. The molecular weight excluding hydrogens is 238 g/mol. The summed E-state index contributed by atoms with van der Waals surface area (Å²) in [5.41, 5.74) is 3.14. The molecule has 0 aliphatic carbocycles. The molecule has 0 aromatic heterocycles. The van der Waals surface area contributed by atoms with E-state index in [4.69, 9.17) is 4.74 Å². The zero-order chi connectivity index (χ0) is 13.7. The summed E-state index contributed by atoms with van der Waals surface area (Å²) in [5, 5.41) is 0. The van der Waals surface area contributed by atoms with Gasteiger partial charge in [0.1, 0.15) is 5.75 Å². The van der Waals surface area contributed by atoms with E-state index in [0.717, 1.165) is 22.4 Å². The van der Waals surface area contributed by atoms with Crippen LogP contribution in [0.5, 0.6) is 5.75 Å². The molecule has 0 bridgehead atoms. The van der Waals surface area contributed by atoms with E-state index in [1.54, 1.807) is 19.3 Å². The molecule has 3 heteroatoms. The number of carbonyl (C=O) groups excluding carboxylic acids is 1. The quantitative estimate of drug-likeness (QED) is 0.613. The monoisotopic (exact) mass is 251 g/mol. The molecule has 0 unspecified atom stereocenters. The van der Waals surface area contributed by atoms with Crippen LogP contribution in [-0.4, -0.2) is 13.2 Å². The maximum Gasteiger partial charge on any atom is 0.240 e. The molecule has 0 heterocycles. The van der Waals surface area contributed by atoms with Gasteiger partial charge < -0.3 is 4.74 Å². The topological polar surface area (TPSA) is 38.7 Å². The van der Waals surface area contributed by atoms with Gasteiger partial charge in [0, 0.05) is 5.56 Å². The van der Waals surface area contributed by atoms with Crippen LogP contribution in [0.25, 0.3) is 5.57 Å². The Hall–Kier alpha value is -2.64. The number of hydrogen-bond acceptors (Lipinski definition) is 3. The van der Waals surface area contributed by atoms with Crippen molar-refractivity contribution in [1.29, 1.82) is 0 Å². The van der Waals surface area contributed by atoms with Crippen molar-refractivity contribution in [3.63, 3.8) is 0 Å². The van der Waals surface area contributed by atoms with E-state index >= 15 is 0 Å². The first-order chi connectivity index (χ1) is 9.26. The minimum absolute atomic E-state index is 0.568. The highest BCUT2D eigenvalue weighted by molar-refractivity contribution is 5.84. The average Bonchev–Trinajstić information content (AvgIpc) is 2.47. The Morgan fingerprint density at radius 2 is 1.84 bits per heavy atom. The largest absolute Gasteiger partial charge is 0.497 e. The normalized spacial score (nSPS) is 9.53. The molecule has 0 saturated heterocycles. The lowest BCUT2D eigenvalue weighted by Crippen LogP contribution is -1.88. The van der Waals surface area contributed by atoms with E-state index in [1.165, 1.54) is 0 Å². The van der Waals surface area contributed by atoms with Gasteiger partial charge in [-0.15, -0.1) is 0 Å². The van der Waals surface area contributed by atoms with E-state index in [0.29, 0.717) is 5.69 Å². The Balaban J connectivity index is 2.40. The smallest absolute Gasteiger partial charge is 0.240 e. The first kappa shape index (κ1) is 12.8. The molecule has 0 radical (unpaired) electrons. The van der Waals surface area contributed by atoms with Crippen molar-refractivity contribution in [2.45, 2.75) is 0 Å². The van der Waals surface area contributed by atoms with Crippen LogP contribution < -0.4 is 4.74 Å². The molecule has 0 atom stereocenters. The van der Waals surface area contributed by atoms with Gasteiger partial charge in [-0.2, -0.15) is 4.99 Å². The summed E-state index contributed by atoms with van der Waals surface area (Å²) in [6.07, 6.45) is 1.56. The van der Waals surface area contributed by atoms with Gasteiger partial charge in [-0.1, -0.05) is 36.9 Å². The maximum atomic E-state index is 10.4. The van der Waals surface area contributed by atoms with Gasteiger partial charge >= 0.3 is 0 Å². The Morgan fingerprint density at radius 1 is 1.16 bits per heavy atom.